The second kappa shape index (κ2) is 6.92. The van der Waals surface area contributed by atoms with Gasteiger partial charge in [-0.15, -0.1) is 0 Å². The number of halogens is 1. The number of hydrogen-bond donors (Lipinski definition) is 1. The van der Waals surface area contributed by atoms with Crippen molar-refractivity contribution >= 4 is 16.9 Å². The van der Waals surface area contributed by atoms with Crippen LogP contribution in [0.5, 0.6) is 0 Å². The number of para-hydroxylation sites is 1. The third kappa shape index (κ3) is 3.21. The van der Waals surface area contributed by atoms with Crippen LogP contribution in [0, 0.1) is 12.7 Å². The number of nitrogens with one attached hydrogen (secondary N) is 1. The Kier molecular flexibility index (Phi) is 4.71. The van der Waals surface area contributed by atoms with Crippen molar-refractivity contribution < 1.29 is 4.39 Å². The normalized spacial score (nSPS) is 11.4. The molecule has 0 aliphatic carbocycles. The number of fused-ring (bicyclic) bond motifs is 1. The zero-order valence-corrected chi connectivity index (χ0v) is 14.1. The first-order chi connectivity index (χ1) is 11.6. The van der Waals surface area contributed by atoms with Gasteiger partial charge in [0, 0.05) is 6.54 Å². The minimum atomic E-state index is -0.332. The molecular formula is C17H21FN6. The zero-order valence-electron chi connectivity index (χ0n) is 14.1. The molecule has 0 aliphatic rings. The van der Waals surface area contributed by atoms with Crippen molar-refractivity contribution in [3.63, 3.8) is 0 Å². The number of nitrogens with zero attached hydrogens (tertiary/aromatic N) is 5. The van der Waals surface area contributed by atoms with Gasteiger partial charge in [-0.2, -0.15) is 5.10 Å². The van der Waals surface area contributed by atoms with Gasteiger partial charge < -0.3 is 10.2 Å². The number of anilines is 1. The number of rotatable bonds is 6. The van der Waals surface area contributed by atoms with Gasteiger partial charge in [0.1, 0.15) is 23.6 Å². The summed E-state index contributed by atoms with van der Waals surface area (Å²) in [5, 5.41) is 8.63. The maximum absolute atomic E-state index is 14.1. The van der Waals surface area contributed by atoms with Gasteiger partial charge in [-0.1, -0.05) is 12.1 Å². The molecule has 1 N–H and O–H groups in total. The molecule has 3 aromatic rings. The molecule has 0 aliphatic heterocycles. The molecule has 6 nitrogen and oxygen atoms in total. The predicted molar refractivity (Wildman–Crippen MR) is 93.0 cm³/mol. The number of hydrogen-bond acceptors (Lipinski definition) is 5. The van der Waals surface area contributed by atoms with Gasteiger partial charge in [-0.25, -0.2) is 19.0 Å². The smallest absolute Gasteiger partial charge is 0.168 e. The molecule has 126 valence electrons. The van der Waals surface area contributed by atoms with Crippen molar-refractivity contribution in [3.8, 4) is 5.69 Å². The van der Waals surface area contributed by atoms with Crippen LogP contribution in [0.3, 0.4) is 0 Å². The van der Waals surface area contributed by atoms with Gasteiger partial charge in [-0.05, 0) is 46.1 Å². The molecule has 3 rings (SSSR count). The second-order valence-corrected chi connectivity index (χ2v) is 5.95. The summed E-state index contributed by atoms with van der Waals surface area (Å²) in [5.41, 5.74) is 1.75. The molecule has 1 aromatic carbocycles. The fourth-order valence-electron chi connectivity index (χ4n) is 2.64. The summed E-state index contributed by atoms with van der Waals surface area (Å²) in [6.07, 6.45) is 2.48. The van der Waals surface area contributed by atoms with Crippen molar-refractivity contribution in [2.75, 3.05) is 32.5 Å². The molecule has 0 unspecified atom stereocenters. The van der Waals surface area contributed by atoms with E-state index in [1.807, 2.05) is 21.0 Å². The topological polar surface area (TPSA) is 58.9 Å². The average Bonchev–Trinajstić information content (AvgIpc) is 2.89. The molecule has 2 aromatic heterocycles. The monoisotopic (exact) mass is 328 g/mol. The minimum Gasteiger partial charge on any atom is -0.369 e. The van der Waals surface area contributed by atoms with Crippen LogP contribution >= 0.6 is 0 Å². The Hall–Kier alpha value is -2.54. The van der Waals surface area contributed by atoms with E-state index in [2.05, 4.69) is 25.3 Å². The standard InChI is InChI=1S/C17H21FN6/c1-12-15-16(19-9-6-10-23(2)3)20-11-21-17(15)24(22-12)14-8-5-4-7-13(14)18/h4-5,7-8,11H,6,9-10H2,1-3H3,(H,19,20,21). The molecule has 2 heterocycles. The maximum Gasteiger partial charge on any atom is 0.168 e. The largest absolute Gasteiger partial charge is 0.369 e. The zero-order chi connectivity index (χ0) is 17.1. The summed E-state index contributed by atoms with van der Waals surface area (Å²) in [7, 11) is 4.09. The summed E-state index contributed by atoms with van der Waals surface area (Å²) in [6, 6.07) is 6.54. The maximum atomic E-state index is 14.1. The van der Waals surface area contributed by atoms with Gasteiger partial charge >= 0.3 is 0 Å². The molecule has 0 fully saturated rings. The Bertz CT molecular complexity index is 842. The van der Waals surface area contributed by atoms with Crippen LogP contribution in [0.25, 0.3) is 16.7 Å². The lowest BCUT2D eigenvalue weighted by Gasteiger charge is -2.10. The molecule has 0 saturated heterocycles. The van der Waals surface area contributed by atoms with E-state index in [0.717, 1.165) is 36.4 Å². The highest BCUT2D eigenvalue weighted by Gasteiger charge is 2.16. The summed E-state index contributed by atoms with van der Waals surface area (Å²) in [6.45, 7) is 3.68. The minimum absolute atomic E-state index is 0.332. The second-order valence-electron chi connectivity index (χ2n) is 5.95. The predicted octanol–water partition coefficient (Wildman–Crippen LogP) is 2.63. The van der Waals surface area contributed by atoms with E-state index in [-0.39, 0.29) is 5.82 Å². The van der Waals surface area contributed by atoms with E-state index >= 15 is 0 Å². The molecular weight excluding hydrogens is 307 g/mol. The molecule has 0 saturated carbocycles. The molecule has 24 heavy (non-hydrogen) atoms. The first kappa shape index (κ1) is 16.3. The van der Waals surface area contributed by atoms with Crippen LogP contribution < -0.4 is 5.32 Å². The van der Waals surface area contributed by atoms with Crippen molar-refractivity contribution in [2.45, 2.75) is 13.3 Å². The van der Waals surface area contributed by atoms with Crippen molar-refractivity contribution in [3.05, 3.63) is 42.1 Å². The van der Waals surface area contributed by atoms with Crippen LogP contribution in [0.4, 0.5) is 10.2 Å². The Morgan fingerprint density at radius 3 is 2.75 bits per heavy atom. The molecule has 0 spiro atoms. The van der Waals surface area contributed by atoms with Crippen LogP contribution in [-0.4, -0.2) is 51.8 Å². The van der Waals surface area contributed by atoms with E-state index in [0.29, 0.717) is 11.3 Å². The van der Waals surface area contributed by atoms with Gasteiger partial charge in [-0.3, -0.25) is 0 Å². The Labute approximate surface area is 140 Å². The summed E-state index contributed by atoms with van der Waals surface area (Å²) >= 11 is 0. The molecule has 0 amide bonds. The van der Waals surface area contributed by atoms with E-state index in [1.165, 1.54) is 17.1 Å². The van der Waals surface area contributed by atoms with Gasteiger partial charge in [0.25, 0.3) is 0 Å². The molecule has 7 heteroatoms. The quantitative estimate of drug-likeness (QED) is 0.705. The summed E-state index contributed by atoms with van der Waals surface area (Å²) in [4.78, 5) is 10.8. The average molecular weight is 328 g/mol. The first-order valence-corrected chi connectivity index (χ1v) is 7.91. The third-order valence-electron chi connectivity index (χ3n) is 3.79. The third-order valence-corrected chi connectivity index (χ3v) is 3.79. The SMILES string of the molecule is Cc1nn(-c2ccccc2F)c2ncnc(NCCCN(C)C)c12. The van der Waals surface area contributed by atoms with Gasteiger partial charge in [0.2, 0.25) is 0 Å². The van der Waals surface area contributed by atoms with Crippen LogP contribution in [0.1, 0.15) is 12.1 Å². The van der Waals surface area contributed by atoms with Gasteiger partial charge in [0.05, 0.1) is 11.1 Å². The van der Waals surface area contributed by atoms with Crippen molar-refractivity contribution in [1.82, 2.24) is 24.6 Å². The summed E-state index contributed by atoms with van der Waals surface area (Å²) in [5.74, 6) is 0.403. The Balaban J connectivity index is 1.95. The van der Waals surface area contributed by atoms with Gasteiger partial charge in [0.15, 0.2) is 5.65 Å². The van der Waals surface area contributed by atoms with E-state index in [1.54, 1.807) is 18.2 Å². The highest BCUT2D eigenvalue weighted by Crippen LogP contribution is 2.26. The first-order valence-electron chi connectivity index (χ1n) is 7.91. The van der Waals surface area contributed by atoms with Crippen molar-refractivity contribution in [1.29, 1.82) is 0 Å². The number of benzene rings is 1. The fraction of sp³-hybridized carbons (Fsp3) is 0.353. The Morgan fingerprint density at radius 1 is 1.21 bits per heavy atom. The molecule has 0 radical (unpaired) electrons. The van der Waals surface area contributed by atoms with Crippen LogP contribution in [0.2, 0.25) is 0 Å². The molecule has 0 atom stereocenters. The highest BCUT2D eigenvalue weighted by molar-refractivity contribution is 5.90. The number of aryl methyl sites for hydroxylation is 1. The van der Waals surface area contributed by atoms with Crippen LogP contribution in [-0.2, 0) is 0 Å². The van der Waals surface area contributed by atoms with E-state index in [9.17, 15) is 4.39 Å². The molecule has 0 bridgehead atoms. The lowest BCUT2D eigenvalue weighted by molar-refractivity contribution is 0.405. The van der Waals surface area contributed by atoms with Crippen LogP contribution in [0.15, 0.2) is 30.6 Å². The lowest BCUT2D eigenvalue weighted by Crippen LogP contribution is -2.16. The highest BCUT2D eigenvalue weighted by atomic mass is 19.1. The van der Waals surface area contributed by atoms with E-state index in [4.69, 9.17) is 0 Å². The lowest BCUT2D eigenvalue weighted by atomic mass is 10.3. The number of aromatic nitrogens is 4. The Morgan fingerprint density at radius 2 is 2.00 bits per heavy atom. The fourth-order valence-corrected chi connectivity index (χ4v) is 2.64. The van der Waals surface area contributed by atoms with Crippen molar-refractivity contribution in [2.24, 2.45) is 0 Å². The van der Waals surface area contributed by atoms with E-state index < -0.39 is 0 Å². The summed E-state index contributed by atoms with van der Waals surface area (Å²) < 4.78 is 15.6.